The Balaban J connectivity index is 1.99. The largest absolute Gasteiger partial charge is 0.478 e. The van der Waals surface area contributed by atoms with E-state index in [2.05, 4.69) is 34.3 Å². The second-order valence-electron chi connectivity index (χ2n) is 5.33. The highest BCUT2D eigenvalue weighted by Crippen LogP contribution is 2.33. The highest BCUT2D eigenvalue weighted by Gasteiger charge is 2.35. The quantitative estimate of drug-likeness (QED) is 0.853. The molecular weight excluding hydrogens is 240 g/mol. The summed E-state index contributed by atoms with van der Waals surface area (Å²) in [4.78, 5) is 10.9. The van der Waals surface area contributed by atoms with Gasteiger partial charge in [-0.05, 0) is 33.9 Å². The van der Waals surface area contributed by atoms with Crippen LogP contribution < -0.4 is 10.1 Å². The van der Waals surface area contributed by atoms with Crippen molar-refractivity contribution in [3.05, 3.63) is 12.3 Å². The molecular formula is C14H24N4O. The standard InChI is InChI=1S/C14H24N4O/c1-4-19-12-7-10-15-13(17-12)16-11-14(18(2)3)8-5-6-9-14/h7,10H,4-6,8-9,11H2,1-3H3,(H,15,16,17). The molecule has 0 unspecified atom stereocenters. The number of likely N-dealkylation sites (N-methyl/N-ethyl adjacent to an activating group) is 1. The third-order valence-corrected chi connectivity index (χ3v) is 3.98. The summed E-state index contributed by atoms with van der Waals surface area (Å²) in [6, 6.07) is 1.78. The molecule has 0 aliphatic heterocycles. The van der Waals surface area contributed by atoms with Crippen molar-refractivity contribution in [1.29, 1.82) is 0 Å². The Hall–Kier alpha value is -1.36. The van der Waals surface area contributed by atoms with Gasteiger partial charge in [-0.1, -0.05) is 12.8 Å². The molecule has 1 aromatic rings. The molecule has 5 heteroatoms. The van der Waals surface area contributed by atoms with Gasteiger partial charge in [-0.2, -0.15) is 4.98 Å². The van der Waals surface area contributed by atoms with Crippen molar-refractivity contribution >= 4 is 5.95 Å². The number of hydrogen-bond acceptors (Lipinski definition) is 5. The third kappa shape index (κ3) is 3.35. The molecule has 0 spiro atoms. The lowest BCUT2D eigenvalue weighted by Crippen LogP contribution is -2.47. The normalized spacial score (nSPS) is 17.7. The lowest BCUT2D eigenvalue weighted by Gasteiger charge is -2.36. The third-order valence-electron chi connectivity index (χ3n) is 3.98. The summed E-state index contributed by atoms with van der Waals surface area (Å²) in [6.45, 7) is 3.46. The number of nitrogens with one attached hydrogen (secondary N) is 1. The number of anilines is 1. The van der Waals surface area contributed by atoms with Gasteiger partial charge in [0, 0.05) is 24.3 Å². The van der Waals surface area contributed by atoms with Gasteiger partial charge < -0.3 is 15.0 Å². The van der Waals surface area contributed by atoms with Crippen LogP contribution in [0.4, 0.5) is 5.95 Å². The Labute approximate surface area is 115 Å². The summed E-state index contributed by atoms with van der Waals surface area (Å²) >= 11 is 0. The fourth-order valence-corrected chi connectivity index (χ4v) is 2.71. The minimum absolute atomic E-state index is 0.241. The minimum Gasteiger partial charge on any atom is -0.478 e. The molecule has 1 fully saturated rings. The fourth-order valence-electron chi connectivity index (χ4n) is 2.71. The molecule has 1 aromatic heterocycles. The van der Waals surface area contributed by atoms with Crippen LogP contribution >= 0.6 is 0 Å². The van der Waals surface area contributed by atoms with Crippen LogP contribution in [-0.2, 0) is 0 Å². The predicted molar refractivity (Wildman–Crippen MR) is 76.6 cm³/mol. The topological polar surface area (TPSA) is 50.3 Å². The van der Waals surface area contributed by atoms with E-state index >= 15 is 0 Å². The van der Waals surface area contributed by atoms with E-state index in [1.54, 1.807) is 12.3 Å². The molecule has 19 heavy (non-hydrogen) atoms. The van der Waals surface area contributed by atoms with Crippen LogP contribution in [0.1, 0.15) is 32.6 Å². The zero-order valence-corrected chi connectivity index (χ0v) is 12.1. The van der Waals surface area contributed by atoms with Crippen LogP contribution in [0.3, 0.4) is 0 Å². The summed E-state index contributed by atoms with van der Waals surface area (Å²) in [7, 11) is 4.31. The molecule has 1 N–H and O–H groups in total. The number of aromatic nitrogens is 2. The summed E-state index contributed by atoms with van der Waals surface area (Å²) in [6.07, 6.45) is 6.81. The SMILES string of the molecule is CCOc1ccnc(NCC2(N(C)C)CCCC2)n1. The van der Waals surface area contributed by atoms with Crippen LogP contribution in [0.5, 0.6) is 5.88 Å². The van der Waals surface area contributed by atoms with Gasteiger partial charge in [0.2, 0.25) is 11.8 Å². The smallest absolute Gasteiger partial charge is 0.226 e. The van der Waals surface area contributed by atoms with Crippen molar-refractivity contribution in [2.24, 2.45) is 0 Å². The summed E-state index contributed by atoms with van der Waals surface area (Å²) in [5, 5.41) is 3.36. The molecule has 0 bridgehead atoms. The highest BCUT2D eigenvalue weighted by atomic mass is 16.5. The molecule has 1 aliphatic rings. The highest BCUT2D eigenvalue weighted by molar-refractivity contribution is 5.28. The molecule has 0 amide bonds. The molecule has 0 radical (unpaired) electrons. The number of hydrogen-bond donors (Lipinski definition) is 1. The summed E-state index contributed by atoms with van der Waals surface area (Å²) in [5.74, 6) is 1.28. The lowest BCUT2D eigenvalue weighted by atomic mass is 9.96. The first-order valence-electron chi connectivity index (χ1n) is 7.03. The zero-order valence-electron chi connectivity index (χ0n) is 12.1. The van der Waals surface area contributed by atoms with E-state index in [0.29, 0.717) is 18.4 Å². The van der Waals surface area contributed by atoms with Crippen molar-refractivity contribution in [1.82, 2.24) is 14.9 Å². The van der Waals surface area contributed by atoms with E-state index < -0.39 is 0 Å². The first-order valence-corrected chi connectivity index (χ1v) is 7.03. The van der Waals surface area contributed by atoms with E-state index in [-0.39, 0.29) is 5.54 Å². The molecule has 0 aromatic carbocycles. The van der Waals surface area contributed by atoms with Gasteiger partial charge in [0.05, 0.1) is 6.61 Å². The summed E-state index contributed by atoms with van der Waals surface area (Å²) in [5.41, 5.74) is 0.241. The number of nitrogens with zero attached hydrogens (tertiary/aromatic N) is 3. The van der Waals surface area contributed by atoms with Gasteiger partial charge in [0.15, 0.2) is 0 Å². The van der Waals surface area contributed by atoms with E-state index in [1.807, 2.05) is 6.92 Å². The van der Waals surface area contributed by atoms with Crippen molar-refractivity contribution in [3.63, 3.8) is 0 Å². The molecule has 0 saturated heterocycles. The predicted octanol–water partition coefficient (Wildman–Crippen LogP) is 2.16. The molecule has 1 saturated carbocycles. The first kappa shape index (κ1) is 14.1. The van der Waals surface area contributed by atoms with Crippen LogP contribution in [-0.4, -0.2) is 47.7 Å². The zero-order chi connectivity index (χ0) is 13.7. The first-order chi connectivity index (χ1) is 9.16. The Kier molecular flexibility index (Phi) is 4.58. The molecule has 1 heterocycles. The van der Waals surface area contributed by atoms with Crippen LogP contribution in [0.15, 0.2) is 12.3 Å². The van der Waals surface area contributed by atoms with Gasteiger partial charge >= 0.3 is 0 Å². The van der Waals surface area contributed by atoms with Gasteiger partial charge in [0.1, 0.15) is 0 Å². The molecule has 1 aliphatic carbocycles. The van der Waals surface area contributed by atoms with Crippen LogP contribution in [0.25, 0.3) is 0 Å². The molecule has 2 rings (SSSR count). The van der Waals surface area contributed by atoms with E-state index in [1.165, 1.54) is 25.7 Å². The second-order valence-corrected chi connectivity index (χ2v) is 5.33. The van der Waals surface area contributed by atoms with E-state index in [4.69, 9.17) is 4.74 Å². The maximum absolute atomic E-state index is 5.39. The Morgan fingerprint density at radius 2 is 2.11 bits per heavy atom. The van der Waals surface area contributed by atoms with Gasteiger partial charge in [0.25, 0.3) is 0 Å². The van der Waals surface area contributed by atoms with Crippen molar-refractivity contribution < 1.29 is 4.74 Å². The average molecular weight is 264 g/mol. The maximum atomic E-state index is 5.39. The van der Waals surface area contributed by atoms with Gasteiger partial charge in [-0.3, -0.25) is 0 Å². The average Bonchev–Trinajstić information content (AvgIpc) is 2.87. The minimum atomic E-state index is 0.241. The monoisotopic (exact) mass is 264 g/mol. The Bertz CT molecular complexity index is 402. The van der Waals surface area contributed by atoms with E-state index in [0.717, 1.165) is 6.54 Å². The maximum Gasteiger partial charge on any atom is 0.226 e. The number of rotatable bonds is 6. The van der Waals surface area contributed by atoms with Crippen molar-refractivity contribution in [3.8, 4) is 5.88 Å². The molecule has 5 nitrogen and oxygen atoms in total. The number of ether oxygens (including phenoxy) is 1. The second kappa shape index (κ2) is 6.19. The van der Waals surface area contributed by atoms with Crippen LogP contribution in [0.2, 0.25) is 0 Å². The van der Waals surface area contributed by atoms with Gasteiger partial charge in [-0.25, -0.2) is 4.98 Å². The fraction of sp³-hybridized carbons (Fsp3) is 0.714. The Morgan fingerprint density at radius 3 is 2.74 bits per heavy atom. The Morgan fingerprint density at radius 1 is 1.37 bits per heavy atom. The van der Waals surface area contributed by atoms with E-state index in [9.17, 15) is 0 Å². The molecule has 106 valence electrons. The summed E-state index contributed by atoms with van der Waals surface area (Å²) < 4.78 is 5.39. The molecule has 0 atom stereocenters. The van der Waals surface area contributed by atoms with Crippen molar-refractivity contribution in [2.45, 2.75) is 38.1 Å². The van der Waals surface area contributed by atoms with Crippen molar-refractivity contribution in [2.75, 3.05) is 32.6 Å². The van der Waals surface area contributed by atoms with Gasteiger partial charge in [-0.15, -0.1) is 0 Å². The van der Waals surface area contributed by atoms with Crippen LogP contribution in [0, 0.1) is 0 Å². The lowest BCUT2D eigenvalue weighted by molar-refractivity contribution is 0.172.